The van der Waals surface area contributed by atoms with E-state index in [4.69, 9.17) is 0 Å². The normalized spacial score (nSPS) is 12.9. The Labute approximate surface area is 303 Å². The summed E-state index contributed by atoms with van der Waals surface area (Å²) in [5, 5.41) is 7.61. The Morgan fingerprint density at radius 2 is 1.00 bits per heavy atom. The lowest BCUT2D eigenvalue weighted by Crippen LogP contribution is -2.16. The number of benzene rings is 8. The van der Waals surface area contributed by atoms with Gasteiger partial charge in [-0.3, -0.25) is 0 Å². The Morgan fingerprint density at radius 1 is 0.423 bits per heavy atom. The molecule has 0 N–H and O–H groups in total. The zero-order chi connectivity index (χ0) is 34.4. The quantitative estimate of drug-likeness (QED) is 0.172. The number of nitrogens with zero attached hydrogens (tertiary/aromatic N) is 2. The molecule has 0 aliphatic heterocycles. The summed E-state index contributed by atoms with van der Waals surface area (Å²) in [6, 6.07) is 64.2. The molecule has 0 saturated heterocycles. The maximum atomic E-state index is 2.43. The first kappa shape index (κ1) is 30.2. The molecular formula is C50H36N2. The van der Waals surface area contributed by atoms with Crippen molar-refractivity contribution in [1.29, 1.82) is 0 Å². The molecule has 1 aliphatic carbocycles. The van der Waals surface area contributed by atoms with Crippen LogP contribution in [0.2, 0.25) is 0 Å². The summed E-state index contributed by atoms with van der Waals surface area (Å²) < 4.78 is 2.43. The third kappa shape index (κ3) is 5.20. The van der Waals surface area contributed by atoms with Crippen LogP contribution in [-0.4, -0.2) is 4.57 Å². The van der Waals surface area contributed by atoms with Gasteiger partial charge in [-0.2, -0.15) is 0 Å². The van der Waals surface area contributed by atoms with Crippen LogP contribution < -0.4 is 4.90 Å². The average Bonchev–Trinajstić information content (AvgIpc) is 3.57. The second kappa shape index (κ2) is 12.6. The Bertz CT molecular complexity index is 2820. The highest BCUT2D eigenvalue weighted by Crippen LogP contribution is 2.38. The van der Waals surface area contributed by atoms with Crippen LogP contribution >= 0.6 is 0 Å². The third-order valence-corrected chi connectivity index (χ3v) is 10.6. The zero-order valence-electron chi connectivity index (χ0n) is 28.8. The molecule has 0 unspecified atom stereocenters. The van der Waals surface area contributed by atoms with E-state index < -0.39 is 0 Å². The van der Waals surface area contributed by atoms with Crippen LogP contribution in [0.3, 0.4) is 0 Å². The third-order valence-electron chi connectivity index (χ3n) is 10.6. The van der Waals surface area contributed by atoms with E-state index >= 15 is 0 Å². The molecule has 8 aromatic carbocycles. The van der Waals surface area contributed by atoms with Gasteiger partial charge in [-0.25, -0.2) is 0 Å². The van der Waals surface area contributed by atoms with Gasteiger partial charge in [0.25, 0.3) is 0 Å². The Morgan fingerprint density at radius 3 is 1.71 bits per heavy atom. The van der Waals surface area contributed by atoms with E-state index in [9.17, 15) is 0 Å². The van der Waals surface area contributed by atoms with Crippen molar-refractivity contribution >= 4 is 54.7 Å². The number of rotatable bonds is 6. The van der Waals surface area contributed by atoms with Crippen molar-refractivity contribution in [2.24, 2.45) is 0 Å². The summed E-state index contributed by atoms with van der Waals surface area (Å²) in [5.74, 6) is 0. The van der Waals surface area contributed by atoms with Crippen molar-refractivity contribution in [2.45, 2.75) is 12.8 Å². The number of hydrogen-bond acceptors (Lipinski definition) is 1. The van der Waals surface area contributed by atoms with Crippen LogP contribution in [0.5, 0.6) is 0 Å². The first-order valence-electron chi connectivity index (χ1n) is 18.2. The van der Waals surface area contributed by atoms with E-state index in [-0.39, 0.29) is 0 Å². The molecule has 0 radical (unpaired) electrons. The minimum Gasteiger partial charge on any atom is -0.311 e. The number of anilines is 2. The standard InChI is InChI=1S/C50H36N2/c1-2-13-42(14-3-1)51(44-29-24-38(25-30-44)41-19-18-35-10-4-5-12-40(35)34-41)43-27-20-36(21-28-43)37-22-31-45(32-23-37)52-49-17-9-8-16-47(49)48-33-26-39-11-6-7-15-46(39)50(48)52/h2,4-34H,1,3H2. The molecule has 0 saturated carbocycles. The highest BCUT2D eigenvalue weighted by atomic mass is 15.1. The van der Waals surface area contributed by atoms with Crippen LogP contribution in [0.4, 0.5) is 11.4 Å². The van der Waals surface area contributed by atoms with Crippen LogP contribution in [0.15, 0.2) is 200 Å². The zero-order valence-corrected chi connectivity index (χ0v) is 28.8. The van der Waals surface area contributed by atoms with Crippen LogP contribution in [-0.2, 0) is 0 Å². The molecule has 0 bridgehead atoms. The maximum absolute atomic E-state index is 2.43. The molecule has 1 heterocycles. The van der Waals surface area contributed by atoms with Gasteiger partial charge in [0.1, 0.15) is 0 Å². The summed E-state index contributed by atoms with van der Waals surface area (Å²) in [7, 11) is 0. The lowest BCUT2D eigenvalue weighted by molar-refractivity contribution is 0.997. The average molecular weight is 665 g/mol. The van der Waals surface area contributed by atoms with Gasteiger partial charge < -0.3 is 9.47 Å². The molecular weight excluding hydrogens is 629 g/mol. The number of hydrogen-bond donors (Lipinski definition) is 0. The van der Waals surface area contributed by atoms with Gasteiger partial charge in [0.2, 0.25) is 0 Å². The van der Waals surface area contributed by atoms with E-state index in [1.165, 1.54) is 71.3 Å². The second-order valence-electron chi connectivity index (χ2n) is 13.7. The van der Waals surface area contributed by atoms with Gasteiger partial charge in [-0.1, -0.05) is 140 Å². The summed E-state index contributed by atoms with van der Waals surface area (Å²) in [6.07, 6.45) is 9.01. The predicted molar refractivity (Wildman–Crippen MR) is 222 cm³/mol. The molecule has 0 amide bonds. The molecule has 10 rings (SSSR count). The lowest BCUT2D eigenvalue weighted by Gasteiger charge is -2.28. The summed E-state index contributed by atoms with van der Waals surface area (Å²) >= 11 is 0. The molecule has 0 spiro atoms. The lowest BCUT2D eigenvalue weighted by atomic mass is 10.0. The van der Waals surface area contributed by atoms with Crippen LogP contribution in [0, 0.1) is 0 Å². The fourth-order valence-corrected chi connectivity index (χ4v) is 7.99. The fraction of sp³-hybridized carbons (Fsp3) is 0.0400. The first-order valence-corrected chi connectivity index (χ1v) is 18.2. The van der Waals surface area contributed by atoms with Gasteiger partial charge in [-0.15, -0.1) is 0 Å². The Kier molecular flexibility index (Phi) is 7.32. The van der Waals surface area contributed by atoms with Crippen molar-refractivity contribution < 1.29 is 0 Å². The molecule has 0 atom stereocenters. The highest BCUT2D eigenvalue weighted by molar-refractivity contribution is 6.18. The molecule has 0 fully saturated rings. The van der Waals surface area contributed by atoms with Crippen molar-refractivity contribution in [2.75, 3.05) is 4.90 Å². The molecule has 1 aliphatic rings. The van der Waals surface area contributed by atoms with E-state index in [2.05, 4.69) is 204 Å². The summed E-state index contributed by atoms with van der Waals surface area (Å²) in [5.41, 5.74) is 12.0. The number of fused-ring (bicyclic) bond motifs is 6. The predicted octanol–water partition coefficient (Wildman–Crippen LogP) is 13.8. The Balaban J connectivity index is 0.982. The minimum atomic E-state index is 1.05. The fourth-order valence-electron chi connectivity index (χ4n) is 7.99. The molecule has 2 nitrogen and oxygen atoms in total. The van der Waals surface area contributed by atoms with Gasteiger partial charge in [0, 0.05) is 38.9 Å². The highest BCUT2D eigenvalue weighted by Gasteiger charge is 2.17. The largest absolute Gasteiger partial charge is 0.311 e. The molecule has 2 heteroatoms. The van der Waals surface area contributed by atoms with Gasteiger partial charge in [0.15, 0.2) is 0 Å². The summed E-state index contributed by atoms with van der Waals surface area (Å²) in [4.78, 5) is 2.37. The van der Waals surface area contributed by atoms with Crippen LogP contribution in [0.1, 0.15) is 12.8 Å². The Hall–Kier alpha value is -6.64. The minimum absolute atomic E-state index is 1.05. The SMILES string of the molecule is C1=CC(N(c2ccc(-c3ccc(-n4c5ccccc5c5ccc6ccccc6c54)cc3)cc2)c2ccc(-c3ccc4ccccc4c3)cc2)=CCC1. The maximum Gasteiger partial charge on any atom is 0.0619 e. The van der Waals surface area contributed by atoms with E-state index in [1.807, 2.05) is 0 Å². The second-order valence-corrected chi connectivity index (χ2v) is 13.7. The molecule has 9 aromatic rings. The molecule has 246 valence electrons. The van der Waals surface area contributed by atoms with Gasteiger partial charge >= 0.3 is 0 Å². The van der Waals surface area contributed by atoms with Crippen molar-refractivity contribution in [3.05, 3.63) is 200 Å². The van der Waals surface area contributed by atoms with E-state index in [0.717, 1.165) is 29.9 Å². The molecule has 52 heavy (non-hydrogen) atoms. The first-order chi connectivity index (χ1) is 25.8. The monoisotopic (exact) mass is 664 g/mol. The van der Waals surface area contributed by atoms with Crippen molar-refractivity contribution in [1.82, 2.24) is 4.57 Å². The molecule has 1 aromatic heterocycles. The van der Waals surface area contributed by atoms with Crippen molar-refractivity contribution in [3.8, 4) is 27.9 Å². The van der Waals surface area contributed by atoms with E-state index in [1.54, 1.807) is 0 Å². The van der Waals surface area contributed by atoms with Crippen molar-refractivity contribution in [3.63, 3.8) is 0 Å². The number of allylic oxidation sites excluding steroid dienone is 3. The number of para-hydroxylation sites is 1. The van der Waals surface area contributed by atoms with Crippen LogP contribution in [0.25, 0.3) is 71.3 Å². The van der Waals surface area contributed by atoms with E-state index in [0.29, 0.717) is 0 Å². The number of aromatic nitrogens is 1. The van der Waals surface area contributed by atoms with Gasteiger partial charge in [-0.05, 0) is 106 Å². The smallest absolute Gasteiger partial charge is 0.0619 e. The summed E-state index contributed by atoms with van der Waals surface area (Å²) in [6.45, 7) is 0. The van der Waals surface area contributed by atoms with Gasteiger partial charge in [0.05, 0.1) is 11.0 Å². The topological polar surface area (TPSA) is 8.17 Å².